The standard InChI is InChI=1S/C14H10O3/c1-9-4-2-5-10-8-12(17-14(9)10)13(15)11-6-3-7-16-11/h2-8H,1H3. The van der Waals surface area contributed by atoms with E-state index in [9.17, 15) is 4.79 Å². The van der Waals surface area contributed by atoms with Gasteiger partial charge in [0.15, 0.2) is 11.5 Å². The van der Waals surface area contributed by atoms with Gasteiger partial charge in [-0.05, 0) is 30.7 Å². The van der Waals surface area contributed by atoms with Gasteiger partial charge in [-0.1, -0.05) is 18.2 Å². The van der Waals surface area contributed by atoms with E-state index < -0.39 is 0 Å². The van der Waals surface area contributed by atoms with Crippen LogP contribution in [0.2, 0.25) is 0 Å². The van der Waals surface area contributed by atoms with Crippen LogP contribution in [0.25, 0.3) is 11.0 Å². The Morgan fingerprint density at radius 2 is 2.00 bits per heavy atom. The monoisotopic (exact) mass is 226 g/mol. The van der Waals surface area contributed by atoms with E-state index >= 15 is 0 Å². The summed E-state index contributed by atoms with van der Waals surface area (Å²) in [5.41, 5.74) is 1.77. The fraction of sp³-hybridized carbons (Fsp3) is 0.0714. The van der Waals surface area contributed by atoms with E-state index in [0.717, 1.165) is 16.5 Å². The van der Waals surface area contributed by atoms with Gasteiger partial charge in [0.05, 0.1) is 6.26 Å². The molecule has 3 aromatic rings. The maximum atomic E-state index is 12.0. The summed E-state index contributed by atoms with van der Waals surface area (Å²) in [7, 11) is 0. The minimum atomic E-state index is -0.231. The summed E-state index contributed by atoms with van der Waals surface area (Å²) in [6.07, 6.45) is 1.47. The Morgan fingerprint density at radius 1 is 1.12 bits per heavy atom. The SMILES string of the molecule is Cc1cccc2cc(C(=O)c3ccco3)oc12. The Labute approximate surface area is 97.7 Å². The Bertz CT molecular complexity index is 675. The largest absolute Gasteiger partial charge is 0.461 e. The zero-order chi connectivity index (χ0) is 11.8. The Kier molecular flexibility index (Phi) is 2.11. The first-order valence-corrected chi connectivity index (χ1v) is 5.33. The lowest BCUT2D eigenvalue weighted by molar-refractivity contribution is 0.0985. The van der Waals surface area contributed by atoms with Crippen molar-refractivity contribution in [2.75, 3.05) is 0 Å². The minimum Gasteiger partial charge on any atom is -0.461 e. The van der Waals surface area contributed by atoms with Crippen molar-refractivity contribution in [3.63, 3.8) is 0 Å². The van der Waals surface area contributed by atoms with Crippen molar-refractivity contribution in [3.05, 3.63) is 59.7 Å². The van der Waals surface area contributed by atoms with Crippen molar-refractivity contribution in [1.29, 1.82) is 0 Å². The molecule has 0 radical (unpaired) electrons. The molecule has 0 unspecified atom stereocenters. The third kappa shape index (κ3) is 1.56. The molecule has 0 saturated carbocycles. The van der Waals surface area contributed by atoms with Crippen molar-refractivity contribution in [2.45, 2.75) is 6.92 Å². The van der Waals surface area contributed by atoms with Gasteiger partial charge in [0.2, 0.25) is 0 Å². The zero-order valence-corrected chi connectivity index (χ0v) is 9.27. The Balaban J connectivity index is 2.13. The van der Waals surface area contributed by atoms with E-state index in [4.69, 9.17) is 8.83 Å². The molecule has 0 fully saturated rings. The fourth-order valence-corrected chi connectivity index (χ4v) is 1.85. The third-order valence-electron chi connectivity index (χ3n) is 2.71. The van der Waals surface area contributed by atoms with Gasteiger partial charge >= 0.3 is 0 Å². The van der Waals surface area contributed by atoms with Crippen molar-refractivity contribution < 1.29 is 13.6 Å². The van der Waals surface area contributed by atoms with Gasteiger partial charge in [-0.25, -0.2) is 0 Å². The molecule has 2 aromatic heterocycles. The predicted octanol–water partition coefficient (Wildman–Crippen LogP) is 3.57. The van der Waals surface area contributed by atoms with Crippen molar-refractivity contribution in [3.8, 4) is 0 Å². The number of carbonyl (C=O) groups is 1. The van der Waals surface area contributed by atoms with Crippen LogP contribution in [0.1, 0.15) is 21.9 Å². The number of benzene rings is 1. The van der Waals surface area contributed by atoms with Gasteiger partial charge < -0.3 is 8.83 Å². The first kappa shape index (κ1) is 9.90. The molecule has 0 aliphatic carbocycles. The summed E-state index contributed by atoms with van der Waals surface area (Å²) in [5, 5.41) is 0.930. The minimum absolute atomic E-state index is 0.231. The number of para-hydroxylation sites is 1. The Morgan fingerprint density at radius 3 is 2.71 bits per heavy atom. The molecular weight excluding hydrogens is 216 g/mol. The van der Waals surface area contributed by atoms with Crippen LogP contribution in [0, 0.1) is 6.92 Å². The number of ketones is 1. The molecule has 84 valence electrons. The van der Waals surface area contributed by atoms with Crippen molar-refractivity contribution >= 4 is 16.8 Å². The number of fused-ring (bicyclic) bond motifs is 1. The smallest absolute Gasteiger partial charge is 0.263 e. The molecular formula is C14H10O3. The molecule has 0 amide bonds. The quantitative estimate of drug-likeness (QED) is 0.627. The highest BCUT2D eigenvalue weighted by molar-refractivity contribution is 6.07. The highest BCUT2D eigenvalue weighted by atomic mass is 16.4. The topological polar surface area (TPSA) is 43.4 Å². The summed E-state index contributed by atoms with van der Waals surface area (Å²) in [6, 6.07) is 10.9. The number of aryl methyl sites for hydroxylation is 1. The molecule has 0 spiro atoms. The van der Waals surface area contributed by atoms with Gasteiger partial charge in [-0.2, -0.15) is 0 Å². The molecule has 0 saturated heterocycles. The lowest BCUT2D eigenvalue weighted by Crippen LogP contribution is -1.96. The van der Waals surface area contributed by atoms with E-state index in [1.807, 2.05) is 25.1 Å². The van der Waals surface area contributed by atoms with Gasteiger partial charge in [-0.3, -0.25) is 4.79 Å². The van der Waals surface area contributed by atoms with E-state index in [1.54, 1.807) is 18.2 Å². The normalized spacial score (nSPS) is 10.9. The molecule has 0 bridgehead atoms. The maximum absolute atomic E-state index is 12.0. The molecule has 3 rings (SSSR count). The van der Waals surface area contributed by atoms with Crippen LogP contribution in [0.3, 0.4) is 0 Å². The predicted molar refractivity (Wildman–Crippen MR) is 63.1 cm³/mol. The highest BCUT2D eigenvalue weighted by Crippen LogP contribution is 2.24. The second kappa shape index (κ2) is 3.63. The van der Waals surface area contributed by atoms with Crippen LogP contribution in [-0.4, -0.2) is 5.78 Å². The van der Waals surface area contributed by atoms with Crippen LogP contribution in [0.5, 0.6) is 0 Å². The second-order valence-electron chi connectivity index (χ2n) is 3.91. The first-order valence-electron chi connectivity index (χ1n) is 5.33. The van der Waals surface area contributed by atoms with E-state index in [-0.39, 0.29) is 5.78 Å². The molecule has 0 aliphatic heterocycles. The number of furan rings is 2. The molecule has 3 heteroatoms. The highest BCUT2D eigenvalue weighted by Gasteiger charge is 2.17. The molecule has 1 aromatic carbocycles. The van der Waals surface area contributed by atoms with E-state index in [2.05, 4.69) is 0 Å². The lowest BCUT2D eigenvalue weighted by atomic mass is 10.1. The molecule has 0 atom stereocenters. The van der Waals surface area contributed by atoms with Crippen LogP contribution in [0.15, 0.2) is 51.5 Å². The van der Waals surface area contributed by atoms with Crippen LogP contribution >= 0.6 is 0 Å². The average Bonchev–Trinajstić information content (AvgIpc) is 2.98. The zero-order valence-electron chi connectivity index (χ0n) is 9.27. The summed E-state index contributed by atoms with van der Waals surface area (Å²) >= 11 is 0. The number of hydrogen-bond donors (Lipinski definition) is 0. The van der Waals surface area contributed by atoms with Crippen molar-refractivity contribution in [1.82, 2.24) is 0 Å². The summed E-state index contributed by atoms with van der Waals surface area (Å²) < 4.78 is 10.6. The Hall–Kier alpha value is -2.29. The van der Waals surface area contributed by atoms with Gasteiger partial charge in [0.1, 0.15) is 5.58 Å². The number of rotatable bonds is 2. The second-order valence-corrected chi connectivity index (χ2v) is 3.91. The number of carbonyl (C=O) groups excluding carboxylic acids is 1. The van der Waals surface area contributed by atoms with E-state index in [1.165, 1.54) is 6.26 Å². The van der Waals surface area contributed by atoms with Crippen LogP contribution in [-0.2, 0) is 0 Å². The van der Waals surface area contributed by atoms with E-state index in [0.29, 0.717) is 11.5 Å². The lowest BCUT2D eigenvalue weighted by Gasteiger charge is -1.92. The van der Waals surface area contributed by atoms with Gasteiger partial charge in [0.25, 0.3) is 5.78 Å². The molecule has 17 heavy (non-hydrogen) atoms. The number of hydrogen-bond acceptors (Lipinski definition) is 3. The van der Waals surface area contributed by atoms with Gasteiger partial charge in [0, 0.05) is 5.39 Å². The van der Waals surface area contributed by atoms with Crippen LogP contribution in [0.4, 0.5) is 0 Å². The molecule has 3 nitrogen and oxygen atoms in total. The fourth-order valence-electron chi connectivity index (χ4n) is 1.85. The third-order valence-corrected chi connectivity index (χ3v) is 2.71. The summed E-state index contributed by atoms with van der Waals surface area (Å²) in [6.45, 7) is 1.95. The average molecular weight is 226 g/mol. The maximum Gasteiger partial charge on any atom is 0.263 e. The van der Waals surface area contributed by atoms with Crippen LogP contribution < -0.4 is 0 Å². The first-order chi connectivity index (χ1) is 8.25. The van der Waals surface area contributed by atoms with Gasteiger partial charge in [-0.15, -0.1) is 0 Å². The van der Waals surface area contributed by atoms with Crippen molar-refractivity contribution in [2.24, 2.45) is 0 Å². The molecule has 2 heterocycles. The summed E-state index contributed by atoms with van der Waals surface area (Å²) in [5.74, 6) is 0.372. The summed E-state index contributed by atoms with van der Waals surface area (Å²) in [4.78, 5) is 12.0. The molecule has 0 N–H and O–H groups in total. The molecule has 0 aliphatic rings.